The van der Waals surface area contributed by atoms with Crippen molar-refractivity contribution < 1.29 is 0 Å². The Labute approximate surface area is 180 Å². The highest BCUT2D eigenvalue weighted by Gasteiger charge is 2.25. The second kappa shape index (κ2) is 5.44. The first kappa shape index (κ1) is 15.9. The molecule has 0 saturated heterocycles. The van der Waals surface area contributed by atoms with Crippen LogP contribution in [0.1, 0.15) is 22.3 Å². The number of hydrogen-bond donors (Lipinski definition) is 0. The Kier molecular flexibility index (Phi) is 2.80. The molecule has 0 fully saturated rings. The number of fused-ring (bicyclic) bond motifs is 13. The molecule has 1 heteroatoms. The predicted molar refractivity (Wildman–Crippen MR) is 129 cm³/mol. The fourth-order valence-corrected chi connectivity index (χ4v) is 6.10. The van der Waals surface area contributed by atoms with Crippen molar-refractivity contribution in [2.45, 2.75) is 12.8 Å². The second-order valence-corrected chi connectivity index (χ2v) is 8.98. The molecule has 144 valence electrons. The van der Waals surface area contributed by atoms with E-state index < -0.39 is 0 Å². The highest BCUT2D eigenvalue weighted by atomic mass is 14.9. The fraction of sp³-hybridized carbons (Fsp3) is 0.0667. The van der Waals surface area contributed by atoms with Crippen LogP contribution in [0, 0.1) is 0 Å². The van der Waals surface area contributed by atoms with E-state index in [1.54, 1.807) is 0 Å². The maximum atomic E-state index is 2.47. The molecular weight excluding hydrogens is 374 g/mol. The topological polar surface area (TPSA) is 4.41 Å². The van der Waals surface area contributed by atoms with Gasteiger partial charge in [0.2, 0.25) is 0 Å². The maximum Gasteiger partial charge on any atom is 0.0537 e. The maximum absolute atomic E-state index is 2.47. The monoisotopic (exact) mass is 393 g/mol. The van der Waals surface area contributed by atoms with Crippen molar-refractivity contribution in [3.8, 4) is 22.3 Å². The molecule has 8 rings (SSSR count). The van der Waals surface area contributed by atoms with Crippen molar-refractivity contribution in [2.24, 2.45) is 0 Å². The molecule has 0 N–H and O–H groups in total. The largest absolute Gasteiger partial charge is 0.316 e. The minimum atomic E-state index is 1.03. The second-order valence-electron chi connectivity index (χ2n) is 8.98. The van der Waals surface area contributed by atoms with Gasteiger partial charge in [-0.15, -0.1) is 0 Å². The molecule has 6 aromatic rings. The normalized spacial score (nSPS) is 13.5. The molecule has 0 spiro atoms. The van der Waals surface area contributed by atoms with Gasteiger partial charge in [-0.1, -0.05) is 60.7 Å². The summed E-state index contributed by atoms with van der Waals surface area (Å²) in [6.07, 6.45) is 4.27. The summed E-state index contributed by atoms with van der Waals surface area (Å²) in [4.78, 5) is 0. The summed E-state index contributed by atoms with van der Waals surface area (Å²) in [5, 5.41) is 4.12. The van der Waals surface area contributed by atoms with Crippen LogP contribution in [0.3, 0.4) is 0 Å². The lowest BCUT2D eigenvalue weighted by Gasteiger charge is -2.15. The molecule has 0 unspecified atom stereocenters. The van der Waals surface area contributed by atoms with Crippen molar-refractivity contribution in [2.75, 3.05) is 0 Å². The van der Waals surface area contributed by atoms with Gasteiger partial charge in [-0.3, -0.25) is 0 Å². The van der Waals surface area contributed by atoms with Crippen LogP contribution < -0.4 is 0 Å². The first-order valence-electron chi connectivity index (χ1n) is 11.0. The summed E-state index contributed by atoms with van der Waals surface area (Å²) in [6, 6.07) is 31.9. The smallest absolute Gasteiger partial charge is 0.0537 e. The molecular formula is C30H19N. The third kappa shape index (κ3) is 1.92. The number of aromatic nitrogens is 1. The van der Waals surface area contributed by atoms with Crippen LogP contribution in [0.2, 0.25) is 0 Å². The van der Waals surface area contributed by atoms with Crippen molar-refractivity contribution in [1.82, 2.24) is 4.40 Å². The van der Waals surface area contributed by atoms with E-state index in [2.05, 4.69) is 95.5 Å². The van der Waals surface area contributed by atoms with Gasteiger partial charge >= 0.3 is 0 Å². The van der Waals surface area contributed by atoms with E-state index in [4.69, 9.17) is 0 Å². The minimum absolute atomic E-state index is 1.03. The molecule has 2 aliphatic rings. The highest BCUT2D eigenvalue weighted by Crippen LogP contribution is 2.47. The summed E-state index contributed by atoms with van der Waals surface area (Å²) in [5.74, 6) is 0. The first-order valence-corrected chi connectivity index (χ1v) is 11.0. The summed E-state index contributed by atoms with van der Waals surface area (Å²) >= 11 is 0. The van der Waals surface area contributed by atoms with Gasteiger partial charge in [0.25, 0.3) is 0 Å². The number of benzene rings is 4. The van der Waals surface area contributed by atoms with E-state index in [0.29, 0.717) is 0 Å². The highest BCUT2D eigenvalue weighted by molar-refractivity contribution is 6.20. The molecule has 0 saturated carbocycles. The van der Waals surface area contributed by atoms with Gasteiger partial charge in [-0.05, 0) is 81.6 Å². The third-order valence-corrected chi connectivity index (χ3v) is 7.42. The number of rotatable bonds is 0. The van der Waals surface area contributed by atoms with E-state index in [1.165, 1.54) is 71.7 Å². The van der Waals surface area contributed by atoms with Gasteiger partial charge in [0.1, 0.15) is 0 Å². The average molecular weight is 393 g/mol. The number of nitrogens with zero attached hydrogens (tertiary/aromatic N) is 1. The van der Waals surface area contributed by atoms with E-state index >= 15 is 0 Å². The third-order valence-electron chi connectivity index (χ3n) is 7.42. The molecule has 0 amide bonds. The lowest BCUT2D eigenvalue weighted by Crippen LogP contribution is -1.94. The zero-order valence-corrected chi connectivity index (χ0v) is 17.0. The minimum Gasteiger partial charge on any atom is -0.316 e. The van der Waals surface area contributed by atoms with Gasteiger partial charge in [0, 0.05) is 22.4 Å². The quantitative estimate of drug-likeness (QED) is 0.237. The molecule has 0 aliphatic heterocycles. The Balaban J connectivity index is 1.62. The standard InChI is InChI=1S/C30H19N/c1-3-8-22-18(6-1)15-21-16-28-26(17-25(21)22)30-24(27-10-5-13-31(27)28)12-11-20-14-19-7-2-4-9-23(19)29(20)30/h1-13,16-17H,14-15H2. The van der Waals surface area contributed by atoms with Crippen LogP contribution in [0.25, 0.3) is 49.4 Å². The van der Waals surface area contributed by atoms with Crippen LogP contribution in [-0.2, 0) is 12.8 Å². The van der Waals surface area contributed by atoms with Crippen molar-refractivity contribution in [3.63, 3.8) is 0 Å². The molecule has 2 aromatic heterocycles. The van der Waals surface area contributed by atoms with Gasteiger partial charge in [0.15, 0.2) is 0 Å². The van der Waals surface area contributed by atoms with Crippen molar-refractivity contribution in [1.29, 1.82) is 0 Å². The zero-order valence-electron chi connectivity index (χ0n) is 17.0. The average Bonchev–Trinajstić information content (AvgIpc) is 3.52. The first-order chi connectivity index (χ1) is 15.4. The van der Waals surface area contributed by atoms with Gasteiger partial charge < -0.3 is 4.40 Å². The van der Waals surface area contributed by atoms with Crippen LogP contribution in [0.5, 0.6) is 0 Å². The van der Waals surface area contributed by atoms with Crippen LogP contribution in [0.15, 0.2) is 91.1 Å². The molecule has 1 nitrogen and oxygen atoms in total. The summed E-state index contributed by atoms with van der Waals surface area (Å²) in [6.45, 7) is 0. The molecule has 4 aromatic carbocycles. The zero-order chi connectivity index (χ0) is 20.1. The lowest BCUT2D eigenvalue weighted by molar-refractivity contribution is 1.24. The number of hydrogen-bond acceptors (Lipinski definition) is 0. The molecule has 0 radical (unpaired) electrons. The number of pyridine rings is 1. The van der Waals surface area contributed by atoms with E-state index in [1.807, 2.05) is 0 Å². The lowest BCUT2D eigenvalue weighted by atomic mass is 9.92. The predicted octanol–water partition coefficient (Wildman–Crippen LogP) is 7.39. The van der Waals surface area contributed by atoms with Gasteiger partial charge in [-0.25, -0.2) is 0 Å². The molecule has 31 heavy (non-hydrogen) atoms. The van der Waals surface area contributed by atoms with Gasteiger partial charge in [-0.2, -0.15) is 0 Å². The van der Waals surface area contributed by atoms with Crippen LogP contribution in [0.4, 0.5) is 0 Å². The molecule has 0 bridgehead atoms. The summed E-state index contributed by atoms with van der Waals surface area (Å²) in [7, 11) is 0. The fourth-order valence-electron chi connectivity index (χ4n) is 6.10. The SMILES string of the molecule is c1ccc2c(c1)Cc1cc3c(cc1-2)c1c2c(ccc1c1cccn13)Cc1ccccc1-2. The van der Waals surface area contributed by atoms with Crippen molar-refractivity contribution >= 4 is 27.2 Å². The van der Waals surface area contributed by atoms with Gasteiger partial charge in [0.05, 0.1) is 11.0 Å². The molecule has 2 heterocycles. The van der Waals surface area contributed by atoms with Crippen molar-refractivity contribution in [3.05, 3.63) is 113 Å². The Hall–Kier alpha value is -3.84. The van der Waals surface area contributed by atoms with E-state index in [-0.39, 0.29) is 0 Å². The summed E-state index contributed by atoms with van der Waals surface area (Å²) < 4.78 is 2.38. The van der Waals surface area contributed by atoms with Crippen LogP contribution in [-0.4, -0.2) is 4.40 Å². The Morgan fingerprint density at radius 3 is 2.19 bits per heavy atom. The Bertz CT molecular complexity index is 1730. The molecule has 2 aliphatic carbocycles. The van der Waals surface area contributed by atoms with Crippen LogP contribution >= 0.6 is 0 Å². The summed E-state index contributed by atoms with van der Waals surface area (Å²) in [5.41, 5.74) is 14.0. The van der Waals surface area contributed by atoms with E-state index in [9.17, 15) is 0 Å². The van der Waals surface area contributed by atoms with E-state index in [0.717, 1.165) is 12.8 Å². The molecule has 0 atom stereocenters. The Morgan fingerprint density at radius 2 is 1.29 bits per heavy atom. The Morgan fingerprint density at radius 1 is 0.516 bits per heavy atom.